The number of aryl methyl sites for hydroxylation is 1. The highest BCUT2D eigenvalue weighted by atomic mass is 32.2. The Morgan fingerprint density at radius 3 is 2.76 bits per heavy atom. The lowest BCUT2D eigenvalue weighted by atomic mass is 10.2. The Labute approximate surface area is 168 Å². The van der Waals surface area contributed by atoms with E-state index in [1.807, 2.05) is 13.0 Å². The highest BCUT2D eigenvalue weighted by molar-refractivity contribution is 7.90. The normalized spacial score (nSPS) is 18.1. The Morgan fingerprint density at radius 1 is 1.28 bits per heavy atom. The van der Waals surface area contributed by atoms with Crippen molar-refractivity contribution in [2.45, 2.75) is 20.0 Å². The van der Waals surface area contributed by atoms with Crippen LogP contribution in [0.15, 0.2) is 46.5 Å². The summed E-state index contributed by atoms with van der Waals surface area (Å²) in [6, 6.07) is 5.34. The molecule has 0 spiro atoms. The van der Waals surface area contributed by atoms with Crippen molar-refractivity contribution in [1.82, 2.24) is 4.90 Å². The van der Waals surface area contributed by atoms with E-state index in [-0.39, 0.29) is 23.7 Å². The lowest BCUT2D eigenvalue weighted by Crippen LogP contribution is -2.37. The highest BCUT2D eigenvalue weighted by Crippen LogP contribution is 2.25. The number of hydrogen-bond donors (Lipinski definition) is 1. The average molecular weight is 419 g/mol. The van der Waals surface area contributed by atoms with Crippen molar-refractivity contribution >= 4 is 33.4 Å². The molecule has 0 saturated carbocycles. The number of nitrogens with zero attached hydrogens (tertiary/aromatic N) is 2. The number of rotatable bonds is 5. The van der Waals surface area contributed by atoms with E-state index in [1.165, 1.54) is 32.4 Å². The first-order chi connectivity index (χ1) is 13.7. The van der Waals surface area contributed by atoms with Crippen LogP contribution in [0.2, 0.25) is 0 Å². The fraction of sp³-hybridized carbons (Fsp3) is 0.316. The van der Waals surface area contributed by atoms with Crippen LogP contribution in [-0.2, 0) is 24.3 Å². The van der Waals surface area contributed by atoms with E-state index in [2.05, 4.69) is 9.71 Å². The van der Waals surface area contributed by atoms with E-state index in [4.69, 9.17) is 9.47 Å². The Bertz CT molecular complexity index is 1040. The van der Waals surface area contributed by atoms with Crippen molar-refractivity contribution in [1.29, 1.82) is 0 Å². The summed E-state index contributed by atoms with van der Waals surface area (Å²) in [5, 5.41) is 2.69. The van der Waals surface area contributed by atoms with Gasteiger partial charge in [-0.25, -0.2) is 13.2 Å². The maximum atomic E-state index is 12.4. The number of amidine groups is 1. The molecule has 1 atom stereocenters. The molecule has 2 heterocycles. The minimum atomic E-state index is -3.47. The van der Waals surface area contributed by atoms with Crippen molar-refractivity contribution in [3.05, 3.63) is 47.7 Å². The highest BCUT2D eigenvalue weighted by Gasteiger charge is 2.27. The van der Waals surface area contributed by atoms with Gasteiger partial charge in [0.15, 0.2) is 6.10 Å². The van der Waals surface area contributed by atoms with Crippen LogP contribution >= 0.6 is 0 Å². The number of sulfonamides is 1. The molecule has 1 amide bonds. The second kappa shape index (κ2) is 8.08. The summed E-state index contributed by atoms with van der Waals surface area (Å²) in [5.74, 6) is -0.612. The Kier molecular flexibility index (Phi) is 5.73. The predicted molar refractivity (Wildman–Crippen MR) is 107 cm³/mol. The molecule has 0 fully saturated rings. The first kappa shape index (κ1) is 20.6. The molecule has 1 N–H and O–H groups in total. The van der Waals surface area contributed by atoms with Gasteiger partial charge in [-0.05, 0) is 43.7 Å². The van der Waals surface area contributed by atoms with Crippen molar-refractivity contribution in [3.8, 4) is 5.75 Å². The topological polar surface area (TPSA) is 114 Å². The number of hydrogen-bond acceptors (Lipinski definition) is 7. The van der Waals surface area contributed by atoms with Crippen molar-refractivity contribution in [3.63, 3.8) is 0 Å². The summed E-state index contributed by atoms with van der Waals surface area (Å²) < 4.78 is 37.2. The van der Waals surface area contributed by atoms with Gasteiger partial charge in [-0.1, -0.05) is 6.07 Å². The van der Waals surface area contributed by atoms with Gasteiger partial charge in [0.25, 0.3) is 15.9 Å². The van der Waals surface area contributed by atoms with Crippen LogP contribution in [0.25, 0.3) is 0 Å². The van der Waals surface area contributed by atoms with Gasteiger partial charge in [0.05, 0.1) is 24.1 Å². The molecule has 0 bridgehead atoms. The average Bonchev–Trinajstić information content (AvgIpc) is 2.67. The largest absolute Gasteiger partial charge is 0.495 e. The van der Waals surface area contributed by atoms with Crippen LogP contribution in [0, 0.1) is 6.92 Å². The third-order valence-electron chi connectivity index (χ3n) is 4.33. The first-order valence-corrected chi connectivity index (χ1v) is 10.4. The predicted octanol–water partition coefficient (Wildman–Crippen LogP) is 1.37. The molecule has 0 radical (unpaired) electrons. The standard InChI is InChI=1S/C19H21N3O6S/c1-12-4-6-16(27-3)15(10-12)20-18(23)13(2)28-19(24)14-5-7-17-21-29(25,26)9-8-22(17)11-14/h4-7,10-11,13H,8-9H2,1-3H3,(H,20,23). The Morgan fingerprint density at radius 2 is 2.03 bits per heavy atom. The minimum Gasteiger partial charge on any atom is -0.495 e. The summed E-state index contributed by atoms with van der Waals surface area (Å²) >= 11 is 0. The molecule has 1 aromatic rings. The molecule has 29 heavy (non-hydrogen) atoms. The lowest BCUT2D eigenvalue weighted by molar-refractivity contribution is -0.149. The molecule has 0 saturated heterocycles. The zero-order chi connectivity index (χ0) is 21.2. The van der Waals surface area contributed by atoms with E-state index >= 15 is 0 Å². The minimum absolute atomic E-state index is 0.139. The first-order valence-electron chi connectivity index (χ1n) is 8.84. The SMILES string of the molecule is COc1ccc(C)cc1NC(=O)C(C)OC(=O)C1=CN2CCS(=O)(=O)N=C2C=C1. The van der Waals surface area contributed by atoms with Crippen LogP contribution in [0.4, 0.5) is 5.69 Å². The molecule has 10 heteroatoms. The number of nitrogens with one attached hydrogen (secondary N) is 1. The van der Waals surface area contributed by atoms with Crippen molar-refractivity contribution < 1.29 is 27.5 Å². The number of carbonyl (C=O) groups is 2. The second-order valence-corrected chi connectivity index (χ2v) is 8.34. The van der Waals surface area contributed by atoms with Crippen molar-refractivity contribution in [2.75, 3.05) is 24.7 Å². The number of benzene rings is 1. The summed E-state index contributed by atoms with van der Waals surface area (Å²) in [5.41, 5.74) is 1.60. The molecular weight excluding hydrogens is 398 g/mol. The van der Waals surface area contributed by atoms with Gasteiger partial charge in [-0.2, -0.15) is 0 Å². The molecule has 0 aromatic heterocycles. The van der Waals surface area contributed by atoms with Crippen LogP contribution in [-0.4, -0.2) is 56.5 Å². The molecular formula is C19H21N3O6S. The van der Waals surface area contributed by atoms with Gasteiger partial charge in [-0.3, -0.25) is 4.79 Å². The maximum Gasteiger partial charge on any atom is 0.340 e. The number of ether oxygens (including phenoxy) is 2. The Balaban J connectivity index is 1.65. The third-order valence-corrected chi connectivity index (χ3v) is 5.49. The van der Waals surface area contributed by atoms with E-state index in [0.29, 0.717) is 11.4 Å². The zero-order valence-electron chi connectivity index (χ0n) is 16.2. The van der Waals surface area contributed by atoms with Gasteiger partial charge in [0.2, 0.25) is 0 Å². The fourth-order valence-corrected chi connectivity index (χ4v) is 3.73. The second-order valence-electron chi connectivity index (χ2n) is 6.59. The van der Waals surface area contributed by atoms with Gasteiger partial charge in [-0.15, -0.1) is 4.40 Å². The van der Waals surface area contributed by atoms with Crippen LogP contribution < -0.4 is 10.1 Å². The number of anilines is 1. The van der Waals surface area contributed by atoms with E-state index in [1.54, 1.807) is 17.0 Å². The quantitative estimate of drug-likeness (QED) is 0.717. The maximum absolute atomic E-state index is 12.4. The smallest absolute Gasteiger partial charge is 0.340 e. The van der Waals surface area contributed by atoms with E-state index < -0.39 is 28.0 Å². The molecule has 154 valence electrons. The van der Waals surface area contributed by atoms with Crippen LogP contribution in [0.3, 0.4) is 0 Å². The van der Waals surface area contributed by atoms with Crippen LogP contribution in [0.5, 0.6) is 5.75 Å². The number of carbonyl (C=O) groups excluding carboxylic acids is 2. The summed E-state index contributed by atoms with van der Waals surface area (Å²) in [6.45, 7) is 3.53. The monoisotopic (exact) mass is 419 g/mol. The summed E-state index contributed by atoms with van der Waals surface area (Å²) in [7, 11) is -1.98. The Hall–Kier alpha value is -3.14. The van der Waals surface area contributed by atoms with Crippen LogP contribution in [0.1, 0.15) is 12.5 Å². The lowest BCUT2D eigenvalue weighted by Gasteiger charge is -2.27. The third kappa shape index (κ3) is 4.83. The van der Waals surface area contributed by atoms with Gasteiger partial charge < -0.3 is 19.7 Å². The van der Waals surface area contributed by atoms with Gasteiger partial charge in [0, 0.05) is 12.7 Å². The fourth-order valence-electron chi connectivity index (χ4n) is 2.76. The molecule has 0 aliphatic carbocycles. The van der Waals surface area contributed by atoms with E-state index in [0.717, 1.165) is 5.56 Å². The number of esters is 1. The number of fused-ring (bicyclic) bond motifs is 1. The molecule has 2 aliphatic heterocycles. The molecule has 1 aromatic carbocycles. The molecule has 9 nitrogen and oxygen atoms in total. The van der Waals surface area contributed by atoms with Crippen molar-refractivity contribution in [2.24, 2.45) is 4.40 Å². The van der Waals surface area contributed by atoms with Gasteiger partial charge in [0.1, 0.15) is 11.6 Å². The molecule has 2 aliphatic rings. The van der Waals surface area contributed by atoms with Gasteiger partial charge >= 0.3 is 5.97 Å². The number of amides is 1. The molecule has 3 rings (SSSR count). The molecule has 1 unspecified atom stereocenters. The summed E-state index contributed by atoms with van der Waals surface area (Å²) in [6.07, 6.45) is 3.24. The van der Waals surface area contributed by atoms with E-state index in [9.17, 15) is 18.0 Å². The zero-order valence-corrected chi connectivity index (χ0v) is 17.0. The summed E-state index contributed by atoms with van der Waals surface area (Å²) in [4.78, 5) is 26.4. The number of methoxy groups -OCH3 is 1.